The zero-order chi connectivity index (χ0) is 21.0. The molecule has 152 valence electrons. The van der Waals surface area contributed by atoms with Crippen LogP contribution < -0.4 is 4.74 Å². The summed E-state index contributed by atoms with van der Waals surface area (Å²) in [5.41, 5.74) is 1.48. The maximum atomic E-state index is 13.4. The molecule has 3 rings (SSSR count). The predicted octanol–water partition coefficient (Wildman–Crippen LogP) is 2.56. The Balaban J connectivity index is 1.63. The van der Waals surface area contributed by atoms with Crippen molar-refractivity contribution in [2.45, 2.75) is 13.3 Å². The van der Waals surface area contributed by atoms with Crippen molar-refractivity contribution in [1.29, 1.82) is 0 Å². The first-order chi connectivity index (χ1) is 13.9. The molecule has 0 atom stereocenters. The van der Waals surface area contributed by atoms with Gasteiger partial charge in [-0.05, 0) is 43.3 Å². The number of amides is 2. The van der Waals surface area contributed by atoms with Crippen LogP contribution in [0.1, 0.15) is 33.2 Å². The van der Waals surface area contributed by atoms with Crippen LogP contribution in [0.2, 0.25) is 0 Å². The van der Waals surface area contributed by atoms with Crippen LogP contribution in [0.15, 0.2) is 42.5 Å². The molecule has 0 bridgehead atoms. The van der Waals surface area contributed by atoms with Gasteiger partial charge < -0.3 is 14.5 Å². The molecule has 2 aromatic carbocycles. The number of benzene rings is 2. The lowest BCUT2D eigenvalue weighted by Gasteiger charge is -2.35. The fraction of sp³-hybridized carbons (Fsp3) is 0.318. The van der Waals surface area contributed by atoms with Crippen molar-refractivity contribution in [3.05, 3.63) is 65.0 Å². The monoisotopic (exact) mass is 398 g/mol. The highest BCUT2D eigenvalue weighted by molar-refractivity contribution is 5.95. The Bertz CT molecular complexity index is 936. The molecule has 0 N–H and O–H groups in total. The highest BCUT2D eigenvalue weighted by Crippen LogP contribution is 2.22. The molecule has 2 amide bonds. The molecule has 0 spiro atoms. The van der Waals surface area contributed by atoms with Gasteiger partial charge in [0, 0.05) is 42.9 Å². The minimum atomic E-state index is -0.452. The quantitative estimate of drug-likeness (QED) is 0.726. The number of Topliss-reactive ketones (excluding diaryl/α,β-unsaturated/α-hetero) is 1. The summed E-state index contributed by atoms with van der Waals surface area (Å²) in [6.07, 6.45) is 0.113. The number of halogens is 1. The molecule has 0 aromatic heterocycles. The van der Waals surface area contributed by atoms with Crippen molar-refractivity contribution < 1.29 is 23.5 Å². The summed E-state index contributed by atoms with van der Waals surface area (Å²) < 4.78 is 18.7. The predicted molar refractivity (Wildman–Crippen MR) is 106 cm³/mol. The van der Waals surface area contributed by atoms with E-state index in [1.165, 1.54) is 32.2 Å². The van der Waals surface area contributed by atoms with Crippen molar-refractivity contribution in [1.82, 2.24) is 9.80 Å². The van der Waals surface area contributed by atoms with E-state index >= 15 is 0 Å². The van der Waals surface area contributed by atoms with E-state index in [-0.39, 0.29) is 24.0 Å². The van der Waals surface area contributed by atoms with Gasteiger partial charge >= 0.3 is 0 Å². The van der Waals surface area contributed by atoms with Gasteiger partial charge in [-0.15, -0.1) is 0 Å². The van der Waals surface area contributed by atoms with E-state index in [4.69, 9.17) is 4.74 Å². The van der Waals surface area contributed by atoms with Gasteiger partial charge in [-0.2, -0.15) is 0 Å². The van der Waals surface area contributed by atoms with Crippen molar-refractivity contribution in [2.75, 3.05) is 33.3 Å². The minimum absolute atomic E-state index is 0.0779. The second-order valence-electron chi connectivity index (χ2n) is 6.94. The average molecular weight is 398 g/mol. The summed E-state index contributed by atoms with van der Waals surface area (Å²) in [5, 5.41) is 0. The van der Waals surface area contributed by atoms with Gasteiger partial charge in [0.25, 0.3) is 5.91 Å². The van der Waals surface area contributed by atoms with Crippen molar-refractivity contribution in [3.8, 4) is 5.75 Å². The van der Waals surface area contributed by atoms with Gasteiger partial charge in [0.15, 0.2) is 5.78 Å². The third kappa shape index (κ3) is 4.80. The summed E-state index contributed by atoms with van der Waals surface area (Å²) in [5.74, 6) is -0.310. The lowest BCUT2D eigenvalue weighted by Crippen LogP contribution is -2.51. The topological polar surface area (TPSA) is 66.9 Å². The van der Waals surface area contributed by atoms with E-state index in [1.54, 1.807) is 34.1 Å². The Morgan fingerprint density at radius 2 is 1.66 bits per heavy atom. The summed E-state index contributed by atoms with van der Waals surface area (Å²) in [6, 6.07) is 10.6. The van der Waals surface area contributed by atoms with Gasteiger partial charge in [0.1, 0.15) is 11.6 Å². The summed E-state index contributed by atoms with van der Waals surface area (Å²) >= 11 is 0. The molecule has 6 nitrogen and oxygen atoms in total. The molecule has 0 unspecified atom stereocenters. The molecule has 7 heteroatoms. The van der Waals surface area contributed by atoms with Crippen LogP contribution >= 0.6 is 0 Å². The van der Waals surface area contributed by atoms with Gasteiger partial charge in [0.2, 0.25) is 5.91 Å². The number of carbonyl (C=O) groups excluding carboxylic acids is 3. The van der Waals surface area contributed by atoms with Crippen molar-refractivity contribution >= 4 is 17.6 Å². The normalized spacial score (nSPS) is 13.9. The lowest BCUT2D eigenvalue weighted by atomic mass is 10.0. The van der Waals surface area contributed by atoms with Crippen LogP contribution in [0, 0.1) is 5.82 Å². The fourth-order valence-electron chi connectivity index (χ4n) is 3.37. The number of ketones is 1. The minimum Gasteiger partial charge on any atom is -0.496 e. The maximum Gasteiger partial charge on any atom is 0.254 e. The number of rotatable bonds is 5. The van der Waals surface area contributed by atoms with E-state index in [9.17, 15) is 18.8 Å². The third-order valence-corrected chi connectivity index (χ3v) is 5.02. The molecule has 1 aliphatic heterocycles. The van der Waals surface area contributed by atoms with Crippen LogP contribution in [0.5, 0.6) is 5.75 Å². The Kier molecular flexibility index (Phi) is 6.26. The van der Waals surface area contributed by atoms with E-state index in [0.717, 1.165) is 0 Å². The number of hydrogen-bond acceptors (Lipinski definition) is 4. The first-order valence-electron chi connectivity index (χ1n) is 9.39. The summed E-state index contributed by atoms with van der Waals surface area (Å²) in [4.78, 5) is 40.2. The lowest BCUT2D eigenvalue weighted by molar-refractivity contribution is -0.131. The highest BCUT2D eigenvalue weighted by atomic mass is 19.1. The van der Waals surface area contributed by atoms with Gasteiger partial charge in [-0.25, -0.2) is 4.39 Å². The average Bonchev–Trinajstić information content (AvgIpc) is 2.73. The van der Waals surface area contributed by atoms with Gasteiger partial charge in [-0.1, -0.05) is 6.07 Å². The van der Waals surface area contributed by atoms with Crippen LogP contribution in [-0.2, 0) is 11.2 Å². The molecule has 1 aliphatic rings. The van der Waals surface area contributed by atoms with E-state index in [1.807, 2.05) is 0 Å². The Morgan fingerprint density at radius 3 is 2.28 bits per heavy atom. The molecule has 0 radical (unpaired) electrons. The third-order valence-electron chi connectivity index (χ3n) is 5.02. The van der Waals surface area contributed by atoms with Crippen molar-refractivity contribution in [2.24, 2.45) is 0 Å². The number of carbonyl (C=O) groups is 3. The number of piperazine rings is 1. The first-order valence-corrected chi connectivity index (χ1v) is 9.39. The van der Waals surface area contributed by atoms with Gasteiger partial charge in [-0.3, -0.25) is 14.4 Å². The van der Waals surface area contributed by atoms with E-state index in [2.05, 4.69) is 0 Å². The molecule has 0 aliphatic carbocycles. The molecular formula is C22H23FN2O4. The zero-order valence-electron chi connectivity index (χ0n) is 16.5. The first kappa shape index (κ1) is 20.5. The van der Waals surface area contributed by atoms with E-state index < -0.39 is 5.82 Å². The molecule has 29 heavy (non-hydrogen) atoms. The largest absolute Gasteiger partial charge is 0.496 e. The molecular weight excluding hydrogens is 375 g/mol. The molecule has 1 heterocycles. The molecule has 2 aromatic rings. The molecule has 0 saturated carbocycles. The standard InChI is InChI=1S/C22H23FN2O4/c1-15(26)16-6-7-20(29-2)18(12-16)14-21(27)24-8-10-25(11-9-24)22(28)17-4-3-5-19(23)13-17/h3-7,12-13H,8-11,14H2,1-2H3. The van der Waals surface area contributed by atoms with Crippen LogP contribution in [0.4, 0.5) is 4.39 Å². The van der Waals surface area contributed by atoms with Crippen molar-refractivity contribution in [3.63, 3.8) is 0 Å². The number of nitrogens with zero attached hydrogens (tertiary/aromatic N) is 2. The molecule has 1 fully saturated rings. The second kappa shape index (κ2) is 8.86. The zero-order valence-corrected chi connectivity index (χ0v) is 16.5. The van der Waals surface area contributed by atoms with Crippen LogP contribution in [0.3, 0.4) is 0 Å². The summed E-state index contributed by atoms with van der Waals surface area (Å²) in [6.45, 7) is 3.03. The van der Waals surface area contributed by atoms with E-state index in [0.29, 0.717) is 48.6 Å². The number of ether oxygens (including phenoxy) is 1. The fourth-order valence-corrected chi connectivity index (χ4v) is 3.37. The molecule has 1 saturated heterocycles. The van der Waals surface area contributed by atoms with Crippen LogP contribution in [-0.4, -0.2) is 60.7 Å². The Labute approximate surface area is 168 Å². The van der Waals surface area contributed by atoms with Gasteiger partial charge in [0.05, 0.1) is 13.5 Å². The SMILES string of the molecule is COc1ccc(C(C)=O)cc1CC(=O)N1CCN(C(=O)c2cccc(F)c2)CC1. The Morgan fingerprint density at radius 1 is 0.966 bits per heavy atom. The smallest absolute Gasteiger partial charge is 0.254 e. The Hall–Kier alpha value is -3.22. The number of methoxy groups -OCH3 is 1. The number of hydrogen-bond donors (Lipinski definition) is 0. The summed E-state index contributed by atoms with van der Waals surface area (Å²) in [7, 11) is 1.52. The second-order valence-corrected chi connectivity index (χ2v) is 6.94. The maximum absolute atomic E-state index is 13.4. The van der Waals surface area contributed by atoms with Crippen LogP contribution in [0.25, 0.3) is 0 Å². The highest BCUT2D eigenvalue weighted by Gasteiger charge is 2.25.